The first-order valence-electron chi connectivity index (χ1n) is 7.74. The van der Waals surface area contributed by atoms with Gasteiger partial charge in [0.2, 0.25) is 15.9 Å². The van der Waals surface area contributed by atoms with Crippen LogP contribution >= 0.6 is 0 Å². The Hall–Kier alpha value is -2.38. The fraction of sp³-hybridized carbons (Fsp3) is 0.278. The van der Waals surface area contributed by atoms with Crippen molar-refractivity contribution in [2.75, 3.05) is 14.2 Å². The van der Waals surface area contributed by atoms with E-state index in [2.05, 4.69) is 10.0 Å². The van der Waals surface area contributed by atoms with Crippen molar-refractivity contribution in [3.63, 3.8) is 0 Å². The van der Waals surface area contributed by atoms with Crippen molar-refractivity contribution in [3.05, 3.63) is 59.2 Å². The maximum absolute atomic E-state index is 12.9. The number of amides is 1. The molecule has 2 rings (SSSR count). The van der Waals surface area contributed by atoms with Gasteiger partial charge in [-0.15, -0.1) is 0 Å². The first-order valence-corrected chi connectivity index (χ1v) is 9.22. The number of aryl methyl sites for hydroxylation is 2. The molecule has 134 valence electrons. The van der Waals surface area contributed by atoms with E-state index in [1.54, 1.807) is 42.5 Å². The summed E-state index contributed by atoms with van der Waals surface area (Å²) in [7, 11) is -1.11. The largest absolute Gasteiger partial charge is 0.495 e. The summed E-state index contributed by atoms with van der Waals surface area (Å²) in [6, 6.07) is 10.9. The van der Waals surface area contributed by atoms with Crippen LogP contribution in [0.3, 0.4) is 0 Å². The first-order chi connectivity index (χ1) is 11.8. The van der Waals surface area contributed by atoms with E-state index in [9.17, 15) is 13.2 Å². The number of rotatable bonds is 6. The average molecular weight is 362 g/mol. The number of carbonyl (C=O) groups is 1. The minimum atomic E-state index is -3.98. The van der Waals surface area contributed by atoms with E-state index in [4.69, 9.17) is 4.74 Å². The van der Waals surface area contributed by atoms with Crippen LogP contribution in [-0.4, -0.2) is 28.5 Å². The fourth-order valence-electron chi connectivity index (χ4n) is 2.41. The van der Waals surface area contributed by atoms with Crippen LogP contribution in [0.5, 0.6) is 5.75 Å². The second-order valence-electron chi connectivity index (χ2n) is 5.67. The van der Waals surface area contributed by atoms with E-state index in [-0.39, 0.29) is 10.6 Å². The van der Waals surface area contributed by atoms with Gasteiger partial charge in [-0.25, -0.2) is 8.42 Å². The molecule has 0 spiro atoms. The highest BCUT2D eigenvalue weighted by molar-refractivity contribution is 7.89. The Morgan fingerprint density at radius 2 is 1.68 bits per heavy atom. The number of ether oxygens (including phenoxy) is 1. The lowest BCUT2D eigenvalue weighted by atomic mass is 10.1. The summed E-state index contributed by atoms with van der Waals surface area (Å²) in [5.74, 6) is -0.211. The van der Waals surface area contributed by atoms with Crippen LogP contribution in [0.15, 0.2) is 47.4 Å². The number of carbonyl (C=O) groups excluding carboxylic acids is 1. The van der Waals surface area contributed by atoms with Gasteiger partial charge in [0, 0.05) is 7.05 Å². The normalized spacial score (nSPS) is 12.5. The van der Waals surface area contributed by atoms with Crippen LogP contribution < -0.4 is 14.8 Å². The number of nitrogens with one attached hydrogen (secondary N) is 2. The maximum atomic E-state index is 12.9. The number of sulfonamides is 1. The molecule has 1 amide bonds. The standard InChI is InChI=1S/C18H22N2O4S/c1-12-10-15(24-4)16(11-13(12)2)25(22,23)20-17(18(21)19-3)14-8-6-5-7-9-14/h5-11,17,20H,1-4H3,(H,19,21). The molecular weight excluding hydrogens is 340 g/mol. The van der Waals surface area contributed by atoms with Crippen molar-refractivity contribution < 1.29 is 17.9 Å². The lowest BCUT2D eigenvalue weighted by molar-refractivity contribution is -0.122. The summed E-state index contributed by atoms with van der Waals surface area (Å²) >= 11 is 0. The van der Waals surface area contributed by atoms with E-state index in [1.165, 1.54) is 14.2 Å². The fourth-order valence-corrected chi connectivity index (χ4v) is 3.83. The zero-order chi connectivity index (χ0) is 18.6. The second-order valence-corrected chi connectivity index (χ2v) is 7.35. The summed E-state index contributed by atoms with van der Waals surface area (Å²) in [4.78, 5) is 12.2. The number of benzene rings is 2. The highest BCUT2D eigenvalue weighted by Crippen LogP contribution is 2.28. The molecule has 6 nitrogen and oxygen atoms in total. The van der Waals surface area contributed by atoms with E-state index < -0.39 is 22.0 Å². The molecule has 0 aliphatic rings. The summed E-state index contributed by atoms with van der Waals surface area (Å²) in [5, 5.41) is 2.49. The predicted molar refractivity (Wildman–Crippen MR) is 96.0 cm³/mol. The monoisotopic (exact) mass is 362 g/mol. The van der Waals surface area contributed by atoms with Crippen LogP contribution in [0.25, 0.3) is 0 Å². The summed E-state index contributed by atoms with van der Waals surface area (Å²) in [6.45, 7) is 3.69. The SMILES string of the molecule is CNC(=O)C(NS(=O)(=O)c1cc(C)c(C)cc1OC)c1ccccc1. The van der Waals surface area contributed by atoms with Gasteiger partial charge in [0.15, 0.2) is 0 Å². The Bertz CT molecular complexity index is 864. The van der Waals surface area contributed by atoms with E-state index in [0.29, 0.717) is 5.56 Å². The van der Waals surface area contributed by atoms with Crippen LogP contribution in [-0.2, 0) is 14.8 Å². The third kappa shape index (κ3) is 4.18. The van der Waals surface area contributed by atoms with Crippen molar-refractivity contribution in [2.45, 2.75) is 24.8 Å². The maximum Gasteiger partial charge on any atom is 0.245 e. The highest BCUT2D eigenvalue weighted by Gasteiger charge is 2.29. The van der Waals surface area contributed by atoms with Crippen molar-refractivity contribution in [2.24, 2.45) is 0 Å². The van der Waals surface area contributed by atoms with Gasteiger partial charge in [-0.2, -0.15) is 4.72 Å². The second kappa shape index (κ2) is 7.67. The topological polar surface area (TPSA) is 84.5 Å². The number of hydrogen-bond donors (Lipinski definition) is 2. The van der Waals surface area contributed by atoms with Gasteiger partial charge in [-0.1, -0.05) is 30.3 Å². The minimum absolute atomic E-state index is 0.00272. The molecule has 0 aliphatic carbocycles. The smallest absolute Gasteiger partial charge is 0.245 e. The summed E-state index contributed by atoms with van der Waals surface area (Å²) < 4.78 is 33.5. The lowest BCUT2D eigenvalue weighted by Gasteiger charge is -2.19. The van der Waals surface area contributed by atoms with Gasteiger partial charge in [0.1, 0.15) is 16.7 Å². The van der Waals surface area contributed by atoms with Crippen molar-refractivity contribution in [1.29, 1.82) is 0 Å². The van der Waals surface area contributed by atoms with Crippen molar-refractivity contribution >= 4 is 15.9 Å². The van der Waals surface area contributed by atoms with Gasteiger partial charge in [-0.3, -0.25) is 4.79 Å². The molecule has 1 unspecified atom stereocenters. The lowest BCUT2D eigenvalue weighted by Crippen LogP contribution is -2.39. The molecular formula is C18H22N2O4S. The Kier molecular flexibility index (Phi) is 5.81. The van der Waals surface area contributed by atoms with Gasteiger partial charge in [-0.05, 0) is 42.7 Å². The summed E-state index contributed by atoms with van der Waals surface area (Å²) in [5.41, 5.74) is 2.28. The average Bonchev–Trinajstić information content (AvgIpc) is 2.61. The Balaban J connectivity index is 2.48. The molecule has 2 N–H and O–H groups in total. The molecule has 1 atom stereocenters. The zero-order valence-electron chi connectivity index (χ0n) is 14.7. The van der Waals surface area contributed by atoms with Crippen molar-refractivity contribution in [3.8, 4) is 5.75 Å². The van der Waals surface area contributed by atoms with E-state index in [1.807, 2.05) is 13.8 Å². The first kappa shape index (κ1) is 19.0. The van der Waals surface area contributed by atoms with Gasteiger partial charge in [0.05, 0.1) is 7.11 Å². The van der Waals surface area contributed by atoms with Crippen LogP contribution in [0.1, 0.15) is 22.7 Å². The molecule has 0 fully saturated rings. The molecule has 25 heavy (non-hydrogen) atoms. The highest BCUT2D eigenvalue weighted by atomic mass is 32.2. The molecule has 0 bridgehead atoms. The van der Waals surface area contributed by atoms with Gasteiger partial charge < -0.3 is 10.1 Å². The Morgan fingerprint density at radius 1 is 1.08 bits per heavy atom. The van der Waals surface area contributed by atoms with E-state index >= 15 is 0 Å². The molecule has 0 radical (unpaired) electrons. The molecule has 0 aromatic heterocycles. The molecule has 2 aromatic carbocycles. The third-order valence-electron chi connectivity index (χ3n) is 3.98. The van der Waals surface area contributed by atoms with Gasteiger partial charge in [0.25, 0.3) is 0 Å². The summed E-state index contributed by atoms with van der Waals surface area (Å²) in [6.07, 6.45) is 0. The molecule has 0 aliphatic heterocycles. The van der Waals surface area contributed by atoms with Crippen LogP contribution in [0.4, 0.5) is 0 Å². The number of hydrogen-bond acceptors (Lipinski definition) is 4. The number of methoxy groups -OCH3 is 1. The quantitative estimate of drug-likeness (QED) is 0.824. The minimum Gasteiger partial charge on any atom is -0.495 e. The molecule has 0 heterocycles. The molecule has 0 saturated carbocycles. The van der Waals surface area contributed by atoms with Gasteiger partial charge >= 0.3 is 0 Å². The number of likely N-dealkylation sites (N-methyl/N-ethyl adjacent to an activating group) is 1. The molecule has 2 aromatic rings. The Morgan fingerprint density at radius 3 is 2.24 bits per heavy atom. The molecule has 0 saturated heterocycles. The molecule has 7 heteroatoms. The van der Waals surface area contributed by atoms with E-state index in [0.717, 1.165) is 11.1 Å². The van der Waals surface area contributed by atoms with Crippen LogP contribution in [0.2, 0.25) is 0 Å². The Labute approximate surface area is 148 Å². The van der Waals surface area contributed by atoms with Crippen LogP contribution in [0, 0.1) is 13.8 Å². The van der Waals surface area contributed by atoms with Crippen molar-refractivity contribution in [1.82, 2.24) is 10.0 Å². The predicted octanol–water partition coefficient (Wildman–Crippen LogP) is 2.08. The zero-order valence-corrected chi connectivity index (χ0v) is 15.5. The third-order valence-corrected chi connectivity index (χ3v) is 5.43.